The number of rotatable bonds is 7. The standard InChI is InChI=1S/C26H48S2/c1-4-5-10-20-15-16-22(19-20)28(2,3)27-26-18-17-24-23(13-9-14-25(24)26)21-11-7-6-8-12-21/h20-26H,4-19H2,1-3H3. The van der Waals surface area contributed by atoms with Crippen molar-refractivity contribution in [3.63, 3.8) is 0 Å². The summed E-state index contributed by atoms with van der Waals surface area (Å²) in [5.74, 6) is 5.51. The van der Waals surface area contributed by atoms with Crippen LogP contribution in [0, 0.1) is 29.6 Å². The first kappa shape index (κ1) is 21.9. The summed E-state index contributed by atoms with van der Waals surface area (Å²) < 4.78 is 0. The number of fused-ring (bicyclic) bond motifs is 1. The van der Waals surface area contributed by atoms with Gasteiger partial charge in [-0.15, -0.1) is 10.8 Å². The van der Waals surface area contributed by atoms with E-state index < -0.39 is 9.06 Å². The molecule has 6 atom stereocenters. The molecule has 0 spiro atoms. The molecule has 0 radical (unpaired) electrons. The predicted molar refractivity (Wildman–Crippen MR) is 132 cm³/mol. The topological polar surface area (TPSA) is 0 Å². The highest BCUT2D eigenvalue weighted by molar-refractivity contribution is 8.94. The predicted octanol–water partition coefficient (Wildman–Crippen LogP) is 8.83. The molecule has 4 fully saturated rings. The fourth-order valence-corrected chi connectivity index (χ4v) is 14.3. The van der Waals surface area contributed by atoms with Crippen LogP contribution in [0.1, 0.15) is 110 Å². The monoisotopic (exact) mass is 424 g/mol. The van der Waals surface area contributed by atoms with Gasteiger partial charge in [-0.3, -0.25) is 0 Å². The maximum absolute atomic E-state index is 2.71. The minimum Gasteiger partial charge on any atom is -0.195 e. The van der Waals surface area contributed by atoms with E-state index in [0.717, 1.165) is 40.1 Å². The number of hydrogen-bond acceptors (Lipinski definition) is 1. The van der Waals surface area contributed by atoms with Gasteiger partial charge in [0.2, 0.25) is 0 Å². The van der Waals surface area contributed by atoms with Crippen LogP contribution in [-0.2, 0) is 0 Å². The second-order valence-corrected chi connectivity index (χ2v) is 18.5. The van der Waals surface area contributed by atoms with Crippen molar-refractivity contribution in [1.29, 1.82) is 0 Å². The highest BCUT2D eigenvalue weighted by Crippen LogP contribution is 2.68. The number of unbranched alkanes of at least 4 members (excludes halogenated alkanes) is 1. The molecule has 0 saturated heterocycles. The molecule has 4 aliphatic rings. The molecule has 0 aromatic heterocycles. The van der Waals surface area contributed by atoms with Crippen LogP contribution in [0.25, 0.3) is 0 Å². The van der Waals surface area contributed by atoms with Gasteiger partial charge < -0.3 is 0 Å². The largest absolute Gasteiger partial charge is 0.195 e. The zero-order valence-electron chi connectivity index (χ0n) is 19.2. The normalized spacial score (nSPS) is 40.5. The SMILES string of the molecule is CCCCC1CCC(S(C)(C)SC2CCC3C(C4CCCCC4)CCCC23)C1. The average Bonchev–Trinajstić information content (AvgIpc) is 3.35. The third kappa shape index (κ3) is 4.95. The summed E-state index contributed by atoms with van der Waals surface area (Å²) in [6.07, 6.45) is 30.1. The molecule has 0 aromatic rings. The van der Waals surface area contributed by atoms with Gasteiger partial charge in [0, 0.05) is 5.25 Å². The van der Waals surface area contributed by atoms with E-state index in [4.69, 9.17) is 0 Å². The lowest BCUT2D eigenvalue weighted by Gasteiger charge is -2.44. The molecular formula is C26H48S2. The van der Waals surface area contributed by atoms with E-state index in [1.54, 1.807) is 64.2 Å². The molecule has 0 bridgehead atoms. The molecule has 6 unspecified atom stereocenters. The minimum atomic E-state index is -0.478. The van der Waals surface area contributed by atoms with E-state index in [9.17, 15) is 0 Å². The molecular weight excluding hydrogens is 376 g/mol. The van der Waals surface area contributed by atoms with Crippen molar-refractivity contribution in [2.75, 3.05) is 12.5 Å². The lowest BCUT2D eigenvalue weighted by atomic mass is 9.65. The van der Waals surface area contributed by atoms with Crippen molar-refractivity contribution in [3.05, 3.63) is 0 Å². The first-order valence-corrected chi connectivity index (χ1v) is 16.9. The van der Waals surface area contributed by atoms with Crippen LogP contribution >= 0.6 is 19.9 Å². The van der Waals surface area contributed by atoms with E-state index in [-0.39, 0.29) is 0 Å². The summed E-state index contributed by atoms with van der Waals surface area (Å²) in [5.41, 5.74) is 0. The summed E-state index contributed by atoms with van der Waals surface area (Å²) in [6, 6.07) is 0. The summed E-state index contributed by atoms with van der Waals surface area (Å²) in [5, 5.41) is 2.09. The van der Waals surface area contributed by atoms with Crippen molar-refractivity contribution in [2.24, 2.45) is 29.6 Å². The zero-order valence-corrected chi connectivity index (χ0v) is 20.8. The first-order chi connectivity index (χ1) is 13.6. The third-order valence-corrected chi connectivity index (χ3v) is 15.7. The van der Waals surface area contributed by atoms with Gasteiger partial charge in [-0.1, -0.05) is 64.7 Å². The summed E-state index contributed by atoms with van der Waals surface area (Å²) >= 11 is 0. The Hall–Kier alpha value is 0.700. The quantitative estimate of drug-likeness (QED) is 0.368. The summed E-state index contributed by atoms with van der Waals surface area (Å²) in [7, 11) is 2.07. The molecule has 2 heteroatoms. The van der Waals surface area contributed by atoms with Crippen LogP contribution in [0.4, 0.5) is 0 Å². The van der Waals surface area contributed by atoms with Gasteiger partial charge in [-0.2, -0.15) is 9.06 Å². The Morgan fingerprint density at radius 1 is 0.750 bits per heavy atom. The maximum Gasteiger partial charge on any atom is 0.0167 e. The van der Waals surface area contributed by atoms with Crippen LogP contribution in [0.2, 0.25) is 0 Å². The Morgan fingerprint density at radius 3 is 2.32 bits per heavy atom. The van der Waals surface area contributed by atoms with Crippen molar-refractivity contribution < 1.29 is 0 Å². The second-order valence-electron chi connectivity index (χ2n) is 11.3. The Bertz CT molecular complexity index is 481. The van der Waals surface area contributed by atoms with Crippen molar-refractivity contribution in [1.82, 2.24) is 0 Å². The fraction of sp³-hybridized carbons (Fsp3) is 1.00. The molecule has 0 N–H and O–H groups in total. The zero-order chi connectivity index (χ0) is 19.6. The van der Waals surface area contributed by atoms with Gasteiger partial charge in [0.05, 0.1) is 0 Å². The van der Waals surface area contributed by atoms with Crippen LogP contribution in [0.3, 0.4) is 0 Å². The van der Waals surface area contributed by atoms with Gasteiger partial charge in [-0.25, -0.2) is 0 Å². The summed E-state index contributed by atoms with van der Waals surface area (Å²) in [6.45, 7) is 2.36. The fourth-order valence-electron chi connectivity index (χ4n) is 7.76. The smallest absolute Gasteiger partial charge is 0.0167 e. The van der Waals surface area contributed by atoms with E-state index in [0.29, 0.717) is 0 Å². The van der Waals surface area contributed by atoms with Gasteiger partial charge in [0.1, 0.15) is 0 Å². The molecule has 0 nitrogen and oxygen atoms in total. The van der Waals surface area contributed by atoms with Crippen molar-refractivity contribution in [3.8, 4) is 0 Å². The highest BCUT2D eigenvalue weighted by Gasteiger charge is 2.47. The molecule has 164 valence electrons. The van der Waals surface area contributed by atoms with E-state index in [1.807, 2.05) is 0 Å². The lowest BCUT2D eigenvalue weighted by Crippen LogP contribution is -2.34. The molecule has 0 amide bonds. The Kier molecular flexibility index (Phi) is 7.73. The second kappa shape index (κ2) is 9.88. The van der Waals surface area contributed by atoms with Crippen LogP contribution in [0.15, 0.2) is 0 Å². The van der Waals surface area contributed by atoms with Crippen molar-refractivity contribution in [2.45, 2.75) is 120 Å². The van der Waals surface area contributed by atoms with E-state index in [1.165, 1.54) is 38.5 Å². The molecule has 4 saturated carbocycles. The van der Waals surface area contributed by atoms with Gasteiger partial charge in [0.25, 0.3) is 0 Å². The highest BCUT2D eigenvalue weighted by atomic mass is 33.2. The van der Waals surface area contributed by atoms with Crippen LogP contribution in [0.5, 0.6) is 0 Å². The Morgan fingerprint density at radius 2 is 1.54 bits per heavy atom. The minimum absolute atomic E-state index is 0.478. The van der Waals surface area contributed by atoms with Crippen LogP contribution < -0.4 is 0 Å². The maximum atomic E-state index is 2.71. The van der Waals surface area contributed by atoms with E-state index >= 15 is 0 Å². The van der Waals surface area contributed by atoms with Gasteiger partial charge in [0.15, 0.2) is 0 Å². The first-order valence-electron chi connectivity index (χ1n) is 13.0. The Labute approximate surface area is 181 Å². The number of hydrogen-bond donors (Lipinski definition) is 0. The molecule has 0 heterocycles. The van der Waals surface area contributed by atoms with Gasteiger partial charge >= 0.3 is 0 Å². The van der Waals surface area contributed by atoms with Crippen LogP contribution in [-0.4, -0.2) is 23.0 Å². The van der Waals surface area contributed by atoms with Crippen molar-refractivity contribution >= 4 is 19.9 Å². The summed E-state index contributed by atoms with van der Waals surface area (Å²) in [4.78, 5) is 0. The lowest BCUT2D eigenvalue weighted by molar-refractivity contribution is 0.100. The van der Waals surface area contributed by atoms with E-state index in [2.05, 4.69) is 30.2 Å². The molecule has 4 aliphatic carbocycles. The molecule has 0 aliphatic heterocycles. The Balaban J connectivity index is 1.33. The third-order valence-electron chi connectivity index (χ3n) is 9.33. The molecule has 0 aromatic carbocycles. The molecule has 28 heavy (non-hydrogen) atoms. The molecule has 4 rings (SSSR count). The average molecular weight is 425 g/mol. The van der Waals surface area contributed by atoms with Gasteiger partial charge in [-0.05, 0) is 92.3 Å².